The van der Waals surface area contributed by atoms with Crippen LogP contribution >= 0.6 is 11.8 Å². The van der Waals surface area contributed by atoms with E-state index in [1.54, 1.807) is 23.8 Å². The molecule has 35 heavy (non-hydrogen) atoms. The molecule has 3 aromatic rings. The molecule has 1 atom stereocenters. The van der Waals surface area contributed by atoms with Gasteiger partial charge in [-0.3, -0.25) is 9.69 Å². The van der Waals surface area contributed by atoms with Crippen LogP contribution in [-0.2, 0) is 4.79 Å². The summed E-state index contributed by atoms with van der Waals surface area (Å²) in [6, 6.07) is 11.4. The van der Waals surface area contributed by atoms with Crippen LogP contribution in [0.2, 0.25) is 0 Å². The Balaban J connectivity index is 1.87. The Morgan fingerprint density at radius 3 is 2.69 bits per heavy atom. The first-order valence-electron chi connectivity index (χ1n) is 11.7. The molecular formula is C26H30N4O4S. The van der Waals surface area contributed by atoms with Gasteiger partial charge in [-0.25, -0.2) is 0 Å². The summed E-state index contributed by atoms with van der Waals surface area (Å²) < 4.78 is 17.7. The lowest BCUT2D eigenvalue weighted by atomic mass is 10.0. The Hall–Kier alpha value is -3.33. The third-order valence-corrected chi connectivity index (χ3v) is 6.52. The van der Waals surface area contributed by atoms with E-state index in [0.717, 1.165) is 35.3 Å². The number of rotatable bonds is 8. The highest BCUT2D eigenvalue weighted by molar-refractivity contribution is 7.99. The average molecular weight is 495 g/mol. The van der Waals surface area contributed by atoms with Gasteiger partial charge in [0.05, 0.1) is 19.4 Å². The van der Waals surface area contributed by atoms with Crippen molar-refractivity contribution in [1.82, 2.24) is 15.2 Å². The molecule has 2 aromatic carbocycles. The van der Waals surface area contributed by atoms with Crippen LogP contribution in [0.3, 0.4) is 0 Å². The van der Waals surface area contributed by atoms with Crippen LogP contribution in [0.25, 0.3) is 11.3 Å². The normalized spacial score (nSPS) is 14.4. The highest BCUT2D eigenvalue weighted by Gasteiger charge is 2.35. The van der Waals surface area contributed by atoms with Gasteiger partial charge >= 0.3 is 0 Å². The number of fused-ring (bicyclic) bond motifs is 3. The molecular weight excluding hydrogens is 464 g/mol. The third kappa shape index (κ3) is 5.19. The van der Waals surface area contributed by atoms with Crippen LogP contribution in [0.4, 0.5) is 5.69 Å². The lowest BCUT2D eigenvalue weighted by Gasteiger charge is -2.30. The van der Waals surface area contributed by atoms with Gasteiger partial charge in [0.2, 0.25) is 23.2 Å². The lowest BCUT2D eigenvalue weighted by molar-refractivity contribution is -0.118. The molecule has 0 bridgehead atoms. The number of carbonyl (C=O) groups excluding carboxylic acids is 1. The maximum atomic E-state index is 13.0. The molecule has 0 aliphatic carbocycles. The summed E-state index contributed by atoms with van der Waals surface area (Å²) in [7, 11) is 1.59. The second kappa shape index (κ2) is 10.9. The van der Waals surface area contributed by atoms with E-state index in [4.69, 9.17) is 19.2 Å². The average Bonchev–Trinajstić information content (AvgIpc) is 2.98. The van der Waals surface area contributed by atoms with Crippen LogP contribution in [0.15, 0.2) is 41.6 Å². The third-order valence-electron chi connectivity index (χ3n) is 5.60. The summed E-state index contributed by atoms with van der Waals surface area (Å²) in [6.07, 6.45) is 1.36. The van der Waals surface area contributed by atoms with E-state index in [0.29, 0.717) is 40.5 Å². The zero-order valence-electron chi connectivity index (χ0n) is 20.7. The summed E-state index contributed by atoms with van der Waals surface area (Å²) in [5, 5.41) is 9.38. The largest absolute Gasteiger partial charge is 0.493 e. The minimum absolute atomic E-state index is 0.175. The molecule has 1 aliphatic rings. The van der Waals surface area contributed by atoms with E-state index < -0.39 is 6.23 Å². The number of aryl methyl sites for hydroxylation is 1. The van der Waals surface area contributed by atoms with Gasteiger partial charge in [0.15, 0.2) is 17.2 Å². The Morgan fingerprint density at radius 2 is 1.97 bits per heavy atom. The highest BCUT2D eigenvalue weighted by Crippen LogP contribution is 2.44. The second-order valence-electron chi connectivity index (χ2n) is 8.17. The minimum atomic E-state index is -0.787. The first-order valence-corrected chi connectivity index (χ1v) is 12.7. The van der Waals surface area contributed by atoms with Crippen molar-refractivity contribution in [3.05, 3.63) is 47.5 Å². The number of hydrogen-bond donors (Lipinski definition) is 0. The minimum Gasteiger partial charge on any atom is -0.493 e. The van der Waals surface area contributed by atoms with Gasteiger partial charge in [0, 0.05) is 23.8 Å². The number of methoxy groups -OCH3 is 1. The predicted octanol–water partition coefficient (Wildman–Crippen LogP) is 5.59. The summed E-state index contributed by atoms with van der Waals surface area (Å²) in [5.74, 6) is 2.24. The molecule has 1 aliphatic heterocycles. The molecule has 4 rings (SSSR count). The summed E-state index contributed by atoms with van der Waals surface area (Å²) in [6.45, 7) is 8.08. The van der Waals surface area contributed by atoms with Crippen LogP contribution in [0, 0.1) is 6.92 Å². The molecule has 2 heterocycles. The number of unbranched alkanes of at least 4 members (excludes halogenated alkanes) is 1. The van der Waals surface area contributed by atoms with Gasteiger partial charge in [0.1, 0.15) is 0 Å². The molecule has 0 spiro atoms. The van der Waals surface area contributed by atoms with Crippen molar-refractivity contribution in [2.75, 3.05) is 24.4 Å². The standard InChI is InChI=1S/C26H30N4O4S/c1-6-8-13-35-26-27-24-23(28-29-26)19-14-16(3)9-11-20(19)30(17(4)31)25(34-24)18-10-12-21(33-7-2)22(15-18)32-5/h9-12,14-15,25H,6-8,13H2,1-5H3/t25-/m1/s1. The van der Waals surface area contributed by atoms with Crippen molar-refractivity contribution in [1.29, 1.82) is 0 Å². The topological polar surface area (TPSA) is 86.7 Å². The van der Waals surface area contributed by atoms with Crippen molar-refractivity contribution in [2.24, 2.45) is 0 Å². The molecule has 8 nitrogen and oxygen atoms in total. The number of amides is 1. The zero-order chi connectivity index (χ0) is 24.9. The first-order chi connectivity index (χ1) is 17.0. The smallest absolute Gasteiger partial charge is 0.247 e. The zero-order valence-corrected chi connectivity index (χ0v) is 21.5. The number of aromatic nitrogens is 3. The lowest BCUT2D eigenvalue weighted by Crippen LogP contribution is -2.36. The molecule has 0 saturated heterocycles. The fourth-order valence-corrected chi connectivity index (χ4v) is 4.78. The van der Waals surface area contributed by atoms with Gasteiger partial charge in [-0.1, -0.05) is 36.7 Å². The molecule has 0 N–H and O–H groups in total. The van der Waals surface area contributed by atoms with Gasteiger partial charge in [-0.05, 0) is 50.6 Å². The fourth-order valence-electron chi connectivity index (χ4n) is 3.92. The number of benzene rings is 2. The monoisotopic (exact) mass is 494 g/mol. The van der Waals surface area contributed by atoms with Crippen molar-refractivity contribution in [2.45, 2.75) is 51.9 Å². The van der Waals surface area contributed by atoms with Crippen LogP contribution in [0.1, 0.15) is 51.0 Å². The van der Waals surface area contributed by atoms with Crippen LogP contribution in [0.5, 0.6) is 17.4 Å². The van der Waals surface area contributed by atoms with E-state index in [2.05, 4.69) is 17.1 Å². The van der Waals surface area contributed by atoms with E-state index in [1.807, 2.05) is 50.2 Å². The Morgan fingerprint density at radius 1 is 1.14 bits per heavy atom. The van der Waals surface area contributed by atoms with E-state index in [-0.39, 0.29) is 5.91 Å². The number of nitrogens with zero attached hydrogens (tertiary/aromatic N) is 4. The molecule has 0 saturated carbocycles. The number of hydrogen-bond acceptors (Lipinski definition) is 8. The predicted molar refractivity (Wildman–Crippen MR) is 136 cm³/mol. The van der Waals surface area contributed by atoms with Crippen molar-refractivity contribution < 1.29 is 19.0 Å². The number of ether oxygens (including phenoxy) is 3. The number of anilines is 1. The quantitative estimate of drug-likeness (QED) is 0.296. The highest BCUT2D eigenvalue weighted by atomic mass is 32.2. The van der Waals surface area contributed by atoms with Crippen molar-refractivity contribution >= 4 is 23.4 Å². The van der Waals surface area contributed by atoms with Gasteiger partial charge < -0.3 is 14.2 Å². The maximum absolute atomic E-state index is 13.0. The maximum Gasteiger partial charge on any atom is 0.247 e. The summed E-state index contributed by atoms with van der Waals surface area (Å²) >= 11 is 1.54. The van der Waals surface area contributed by atoms with E-state index >= 15 is 0 Å². The Bertz CT molecular complexity index is 1220. The number of carbonyl (C=O) groups is 1. The Kier molecular flexibility index (Phi) is 7.75. The molecule has 0 fully saturated rings. The fraction of sp³-hybridized carbons (Fsp3) is 0.385. The molecule has 0 unspecified atom stereocenters. The van der Waals surface area contributed by atoms with Crippen molar-refractivity contribution in [3.8, 4) is 28.6 Å². The summed E-state index contributed by atoms with van der Waals surface area (Å²) in [4.78, 5) is 19.4. The molecule has 1 amide bonds. The summed E-state index contributed by atoms with van der Waals surface area (Å²) in [5.41, 5.74) is 3.69. The van der Waals surface area contributed by atoms with E-state index in [9.17, 15) is 4.79 Å². The molecule has 1 aromatic heterocycles. The second-order valence-corrected chi connectivity index (χ2v) is 9.24. The van der Waals surface area contributed by atoms with Gasteiger partial charge in [-0.15, -0.1) is 10.2 Å². The first kappa shape index (κ1) is 24.8. The van der Waals surface area contributed by atoms with Crippen LogP contribution in [-0.4, -0.2) is 40.6 Å². The van der Waals surface area contributed by atoms with Crippen molar-refractivity contribution in [3.63, 3.8) is 0 Å². The molecule has 0 radical (unpaired) electrons. The van der Waals surface area contributed by atoms with Crippen LogP contribution < -0.4 is 19.1 Å². The molecule has 184 valence electrons. The number of thioether (sulfide) groups is 1. The SMILES string of the molecule is CCCCSc1nnc2c(n1)O[C@H](c1ccc(OCC)c(OC)c1)N(C(C)=O)c1ccc(C)cc1-2. The van der Waals surface area contributed by atoms with Gasteiger partial charge in [0.25, 0.3) is 0 Å². The molecule has 9 heteroatoms. The van der Waals surface area contributed by atoms with E-state index in [1.165, 1.54) is 6.92 Å². The van der Waals surface area contributed by atoms with Gasteiger partial charge in [-0.2, -0.15) is 4.98 Å². The Labute approximate surface area is 210 Å².